The first-order valence-corrected chi connectivity index (χ1v) is 7.92. The van der Waals surface area contributed by atoms with Gasteiger partial charge >= 0.3 is 5.97 Å². The van der Waals surface area contributed by atoms with Gasteiger partial charge in [-0.2, -0.15) is 0 Å². The summed E-state index contributed by atoms with van der Waals surface area (Å²) in [4.78, 5) is 12.1. The van der Waals surface area contributed by atoms with E-state index in [0.29, 0.717) is 12.7 Å². The van der Waals surface area contributed by atoms with Crippen LogP contribution in [0.2, 0.25) is 0 Å². The summed E-state index contributed by atoms with van der Waals surface area (Å²) in [6.07, 6.45) is 4.05. The summed E-state index contributed by atoms with van der Waals surface area (Å²) in [7, 11) is 0. The summed E-state index contributed by atoms with van der Waals surface area (Å²) in [6, 6.07) is 0.251. The van der Waals surface area contributed by atoms with Crippen molar-refractivity contribution in [3.05, 3.63) is 0 Å². The lowest BCUT2D eigenvalue weighted by Gasteiger charge is -2.30. The van der Waals surface area contributed by atoms with E-state index in [1.807, 2.05) is 27.7 Å². The zero-order valence-electron chi connectivity index (χ0n) is 14.1. The average molecular weight is 287 g/mol. The van der Waals surface area contributed by atoms with Crippen LogP contribution in [0, 0.1) is 0 Å². The second-order valence-electron chi connectivity index (χ2n) is 5.90. The highest BCUT2D eigenvalue weighted by atomic mass is 16.5. The Balaban J connectivity index is 4.20. The molecule has 0 radical (unpaired) electrons. The number of hydrogen-bond acceptors (Lipinski definition) is 4. The Kier molecular flexibility index (Phi) is 9.86. The van der Waals surface area contributed by atoms with Crippen LogP contribution in [0.1, 0.15) is 67.2 Å². The molecule has 0 aromatic rings. The minimum absolute atomic E-state index is 0.156. The predicted octanol–water partition coefficient (Wildman–Crippen LogP) is 3.29. The number of carbonyl (C=O) groups is 1. The van der Waals surface area contributed by atoms with Crippen molar-refractivity contribution in [3.63, 3.8) is 0 Å². The SMILES string of the molecule is CCOC(=O)C(C)(CCCCOC(C)CC)NC(C)C. The molecule has 0 rings (SSSR count). The van der Waals surface area contributed by atoms with Crippen LogP contribution in [0.25, 0.3) is 0 Å². The summed E-state index contributed by atoms with van der Waals surface area (Å²) in [5, 5.41) is 3.34. The molecule has 4 nitrogen and oxygen atoms in total. The van der Waals surface area contributed by atoms with Crippen LogP contribution in [0.4, 0.5) is 0 Å². The molecule has 0 aliphatic rings. The maximum Gasteiger partial charge on any atom is 0.326 e. The van der Waals surface area contributed by atoms with E-state index in [1.54, 1.807) is 0 Å². The summed E-state index contributed by atoms with van der Waals surface area (Å²) in [5.41, 5.74) is -0.597. The lowest BCUT2D eigenvalue weighted by Crippen LogP contribution is -2.53. The molecule has 4 heteroatoms. The smallest absolute Gasteiger partial charge is 0.326 e. The molecule has 2 atom stereocenters. The number of nitrogens with one attached hydrogen (secondary N) is 1. The summed E-state index contributed by atoms with van der Waals surface area (Å²) < 4.78 is 10.8. The van der Waals surface area contributed by atoms with E-state index in [2.05, 4.69) is 19.2 Å². The van der Waals surface area contributed by atoms with E-state index >= 15 is 0 Å². The van der Waals surface area contributed by atoms with Gasteiger partial charge in [-0.25, -0.2) is 0 Å². The van der Waals surface area contributed by atoms with Gasteiger partial charge in [0.1, 0.15) is 5.54 Å². The first-order chi connectivity index (χ1) is 9.35. The molecule has 0 amide bonds. The quantitative estimate of drug-likeness (QED) is 0.468. The molecule has 0 aliphatic heterocycles. The highest BCUT2D eigenvalue weighted by Gasteiger charge is 2.34. The molecule has 20 heavy (non-hydrogen) atoms. The zero-order chi connectivity index (χ0) is 15.6. The molecule has 0 aromatic carbocycles. The van der Waals surface area contributed by atoms with Gasteiger partial charge in [0.15, 0.2) is 0 Å². The summed E-state index contributed by atoms with van der Waals surface area (Å²) in [6.45, 7) is 13.3. The molecular weight excluding hydrogens is 254 g/mol. The van der Waals surface area contributed by atoms with Gasteiger partial charge in [-0.1, -0.05) is 6.92 Å². The third kappa shape index (κ3) is 7.85. The van der Waals surface area contributed by atoms with Crippen molar-refractivity contribution in [1.29, 1.82) is 0 Å². The fourth-order valence-electron chi connectivity index (χ4n) is 2.14. The largest absolute Gasteiger partial charge is 0.465 e. The molecule has 0 saturated carbocycles. The van der Waals surface area contributed by atoms with Crippen molar-refractivity contribution in [3.8, 4) is 0 Å². The molecule has 0 bridgehead atoms. The number of esters is 1. The number of carbonyl (C=O) groups excluding carboxylic acids is 1. The van der Waals surface area contributed by atoms with Gasteiger partial charge in [0, 0.05) is 12.6 Å². The molecular formula is C16H33NO3. The monoisotopic (exact) mass is 287 g/mol. The van der Waals surface area contributed by atoms with Crippen molar-refractivity contribution < 1.29 is 14.3 Å². The van der Waals surface area contributed by atoms with Gasteiger partial charge in [-0.05, 0) is 60.3 Å². The third-order valence-corrected chi connectivity index (χ3v) is 3.38. The average Bonchev–Trinajstić information content (AvgIpc) is 2.37. The summed E-state index contributed by atoms with van der Waals surface area (Å²) in [5.74, 6) is -0.156. The van der Waals surface area contributed by atoms with Crippen LogP contribution >= 0.6 is 0 Å². The highest BCUT2D eigenvalue weighted by Crippen LogP contribution is 2.17. The highest BCUT2D eigenvalue weighted by molar-refractivity contribution is 5.80. The van der Waals surface area contributed by atoms with E-state index in [4.69, 9.17) is 9.47 Å². The maximum atomic E-state index is 12.1. The molecule has 2 unspecified atom stereocenters. The van der Waals surface area contributed by atoms with Gasteiger partial charge in [-0.15, -0.1) is 0 Å². The first-order valence-electron chi connectivity index (χ1n) is 7.92. The number of unbranched alkanes of at least 4 members (excludes halogenated alkanes) is 1. The van der Waals surface area contributed by atoms with E-state index in [1.165, 1.54) is 0 Å². The van der Waals surface area contributed by atoms with Crippen molar-refractivity contribution in [2.45, 2.75) is 84.9 Å². The van der Waals surface area contributed by atoms with Crippen LogP contribution in [0.15, 0.2) is 0 Å². The third-order valence-electron chi connectivity index (χ3n) is 3.38. The predicted molar refractivity (Wildman–Crippen MR) is 82.9 cm³/mol. The minimum Gasteiger partial charge on any atom is -0.465 e. The van der Waals surface area contributed by atoms with E-state index in [-0.39, 0.29) is 12.0 Å². The van der Waals surface area contributed by atoms with Crippen LogP contribution in [-0.2, 0) is 14.3 Å². The Labute approximate surface area is 124 Å². The molecule has 0 aliphatic carbocycles. The Hall–Kier alpha value is -0.610. The molecule has 0 heterocycles. The van der Waals surface area contributed by atoms with Crippen molar-refractivity contribution >= 4 is 5.97 Å². The van der Waals surface area contributed by atoms with Gasteiger partial charge in [0.2, 0.25) is 0 Å². The molecule has 0 fully saturated rings. The van der Waals surface area contributed by atoms with E-state index in [9.17, 15) is 4.79 Å². The second kappa shape index (κ2) is 10.2. The van der Waals surface area contributed by atoms with E-state index in [0.717, 1.165) is 32.3 Å². The van der Waals surface area contributed by atoms with Gasteiger partial charge in [0.05, 0.1) is 12.7 Å². The normalized spacial score (nSPS) is 15.9. The van der Waals surface area contributed by atoms with Crippen molar-refractivity contribution in [1.82, 2.24) is 5.32 Å². The van der Waals surface area contributed by atoms with Crippen LogP contribution in [0.3, 0.4) is 0 Å². The standard InChI is InChI=1S/C16H33NO3/c1-7-14(5)20-12-10-9-11-16(6,17-13(3)4)15(18)19-8-2/h13-14,17H,7-12H2,1-6H3. The fourth-order valence-corrected chi connectivity index (χ4v) is 2.14. The van der Waals surface area contributed by atoms with Crippen LogP contribution in [-0.4, -0.2) is 36.9 Å². The Morgan fingerprint density at radius 3 is 2.35 bits per heavy atom. The molecule has 0 spiro atoms. The van der Waals surface area contributed by atoms with Crippen molar-refractivity contribution in [2.75, 3.05) is 13.2 Å². The van der Waals surface area contributed by atoms with Crippen LogP contribution < -0.4 is 5.32 Å². The lowest BCUT2D eigenvalue weighted by molar-refractivity contribution is -0.151. The second-order valence-corrected chi connectivity index (χ2v) is 5.90. The van der Waals surface area contributed by atoms with Gasteiger partial charge in [-0.3, -0.25) is 10.1 Å². The fraction of sp³-hybridized carbons (Fsp3) is 0.938. The summed E-state index contributed by atoms with van der Waals surface area (Å²) >= 11 is 0. The first kappa shape index (κ1) is 19.4. The number of rotatable bonds is 11. The van der Waals surface area contributed by atoms with Crippen LogP contribution in [0.5, 0.6) is 0 Å². The van der Waals surface area contributed by atoms with Gasteiger partial charge in [0.25, 0.3) is 0 Å². The topological polar surface area (TPSA) is 47.6 Å². The minimum atomic E-state index is -0.597. The molecule has 1 N–H and O–H groups in total. The number of ether oxygens (including phenoxy) is 2. The Morgan fingerprint density at radius 1 is 1.20 bits per heavy atom. The van der Waals surface area contributed by atoms with Crippen molar-refractivity contribution in [2.24, 2.45) is 0 Å². The molecule has 0 saturated heterocycles. The van der Waals surface area contributed by atoms with Gasteiger partial charge < -0.3 is 9.47 Å². The maximum absolute atomic E-state index is 12.1. The molecule has 0 aromatic heterocycles. The number of hydrogen-bond donors (Lipinski definition) is 1. The molecule has 120 valence electrons. The Bertz CT molecular complexity index is 268. The zero-order valence-corrected chi connectivity index (χ0v) is 14.1. The van der Waals surface area contributed by atoms with E-state index < -0.39 is 5.54 Å². The Morgan fingerprint density at radius 2 is 1.85 bits per heavy atom. The lowest BCUT2D eigenvalue weighted by atomic mass is 9.94.